The fourth-order valence-corrected chi connectivity index (χ4v) is 5.58. The zero-order valence-electron chi connectivity index (χ0n) is 26.4. The van der Waals surface area contributed by atoms with Gasteiger partial charge in [0.25, 0.3) is 0 Å². The summed E-state index contributed by atoms with van der Waals surface area (Å²) < 4.78 is 22.0. The predicted octanol–water partition coefficient (Wildman–Crippen LogP) is 5.86. The molecule has 12 heteroatoms. The van der Waals surface area contributed by atoms with Gasteiger partial charge in [0.05, 0.1) is 24.5 Å². The molecule has 1 aliphatic rings. The minimum absolute atomic E-state index is 0.0617. The highest BCUT2D eigenvalue weighted by molar-refractivity contribution is 6.30. The van der Waals surface area contributed by atoms with Gasteiger partial charge in [0, 0.05) is 47.7 Å². The molecule has 3 heterocycles. The van der Waals surface area contributed by atoms with E-state index < -0.39 is 5.79 Å². The third kappa shape index (κ3) is 7.82. The smallest absolute Gasteiger partial charge is 0.350 e. The molecule has 6 rings (SSSR count). The van der Waals surface area contributed by atoms with Crippen LogP contribution in [0, 0.1) is 0 Å². The van der Waals surface area contributed by atoms with Gasteiger partial charge in [0.2, 0.25) is 0 Å². The van der Waals surface area contributed by atoms with Gasteiger partial charge in [-0.3, -0.25) is 0 Å². The summed E-state index contributed by atoms with van der Waals surface area (Å²) in [6.07, 6.45) is 5.97. The summed E-state index contributed by atoms with van der Waals surface area (Å²) in [7, 11) is 0. The van der Waals surface area contributed by atoms with Crippen molar-refractivity contribution >= 4 is 23.0 Å². The molecule has 47 heavy (non-hydrogen) atoms. The maximum Gasteiger partial charge on any atom is 0.350 e. The van der Waals surface area contributed by atoms with Gasteiger partial charge in [-0.25, -0.2) is 14.0 Å². The Morgan fingerprint density at radius 1 is 1.02 bits per heavy atom. The van der Waals surface area contributed by atoms with Crippen LogP contribution in [0.1, 0.15) is 37.4 Å². The predicted molar refractivity (Wildman–Crippen MR) is 181 cm³/mol. The van der Waals surface area contributed by atoms with Crippen molar-refractivity contribution in [2.75, 3.05) is 36.9 Å². The first-order valence-corrected chi connectivity index (χ1v) is 16.1. The standard InChI is InChI=1S/C35H38ClN7O4/c1-3-25(2)43-34(44)42(24-41-43)31-11-7-29(8-12-31)37-17-18-38-30-9-13-32(14-10-30)45-22-33-23-46-35(47-33,20-26-15-16-39-40-21-26)27-5-4-6-28(36)19-27/h4-16,19,21,24-25,33,37-38H,3,17-18,20,22-23H2,1-2H3/t25?,33-,35-/m1/s1. The average Bonchev–Trinajstić information content (AvgIpc) is 3.70. The van der Waals surface area contributed by atoms with E-state index in [9.17, 15) is 4.79 Å². The summed E-state index contributed by atoms with van der Waals surface area (Å²) in [6, 6.07) is 25.1. The third-order valence-corrected chi connectivity index (χ3v) is 8.36. The number of benzene rings is 3. The van der Waals surface area contributed by atoms with Crippen LogP contribution >= 0.6 is 11.6 Å². The Bertz CT molecular complexity index is 1800. The van der Waals surface area contributed by atoms with Crippen LogP contribution in [0.3, 0.4) is 0 Å². The molecule has 2 aromatic heterocycles. The molecule has 11 nitrogen and oxygen atoms in total. The summed E-state index contributed by atoms with van der Waals surface area (Å²) in [5, 5.41) is 19.6. The molecule has 0 spiro atoms. The number of nitrogens with zero attached hydrogens (tertiary/aromatic N) is 5. The Morgan fingerprint density at radius 2 is 1.77 bits per heavy atom. The van der Waals surface area contributed by atoms with Crippen LogP contribution in [0.5, 0.6) is 5.75 Å². The van der Waals surface area contributed by atoms with Crippen molar-refractivity contribution in [1.29, 1.82) is 0 Å². The molecule has 0 bridgehead atoms. The molecule has 0 radical (unpaired) electrons. The maximum absolute atomic E-state index is 12.7. The number of aromatic nitrogens is 5. The molecule has 1 saturated heterocycles. The minimum atomic E-state index is -0.997. The van der Waals surface area contributed by atoms with E-state index in [1.807, 2.05) is 92.7 Å². The SMILES string of the molecule is CCC(C)n1ncn(-c2ccc(NCCNc3ccc(OC[C@@H]4CO[C@@](Cc5ccnnc5)(c5cccc(Cl)c5)O4)cc3)cc2)c1=O. The molecule has 2 N–H and O–H groups in total. The van der Waals surface area contributed by atoms with Crippen LogP contribution in [0.4, 0.5) is 11.4 Å². The Balaban J connectivity index is 0.964. The number of rotatable bonds is 14. The van der Waals surface area contributed by atoms with E-state index >= 15 is 0 Å². The molecule has 1 aliphatic heterocycles. The lowest BCUT2D eigenvalue weighted by molar-refractivity contribution is -0.178. The molecule has 1 unspecified atom stereocenters. The lowest BCUT2D eigenvalue weighted by atomic mass is 9.98. The van der Waals surface area contributed by atoms with E-state index in [4.69, 9.17) is 25.8 Å². The van der Waals surface area contributed by atoms with Crippen molar-refractivity contribution in [3.63, 3.8) is 0 Å². The van der Waals surface area contributed by atoms with Crippen molar-refractivity contribution in [3.8, 4) is 11.4 Å². The second-order valence-electron chi connectivity index (χ2n) is 11.5. The summed E-state index contributed by atoms with van der Waals surface area (Å²) in [4.78, 5) is 12.7. The molecule has 0 amide bonds. The van der Waals surface area contributed by atoms with Crippen LogP contribution < -0.4 is 21.1 Å². The van der Waals surface area contributed by atoms with Gasteiger partial charge >= 0.3 is 5.69 Å². The van der Waals surface area contributed by atoms with Gasteiger partial charge in [-0.1, -0.05) is 30.7 Å². The second-order valence-corrected chi connectivity index (χ2v) is 11.9. The fraction of sp³-hybridized carbons (Fsp3) is 0.314. The summed E-state index contributed by atoms with van der Waals surface area (Å²) in [5.74, 6) is -0.257. The summed E-state index contributed by atoms with van der Waals surface area (Å²) in [6.45, 7) is 6.17. The number of hydrogen-bond acceptors (Lipinski definition) is 9. The Labute approximate surface area is 278 Å². The van der Waals surface area contributed by atoms with Crippen LogP contribution in [-0.4, -0.2) is 57.0 Å². The first kappa shape index (κ1) is 32.2. The second kappa shape index (κ2) is 14.8. The topological polar surface area (TPSA) is 117 Å². The van der Waals surface area contributed by atoms with Crippen LogP contribution in [0.2, 0.25) is 5.02 Å². The first-order valence-electron chi connectivity index (χ1n) is 15.7. The zero-order valence-corrected chi connectivity index (χ0v) is 27.1. The van der Waals surface area contributed by atoms with Crippen LogP contribution in [-0.2, 0) is 21.7 Å². The van der Waals surface area contributed by atoms with E-state index in [0.717, 1.165) is 46.9 Å². The summed E-state index contributed by atoms with van der Waals surface area (Å²) >= 11 is 6.31. The zero-order chi connectivity index (χ0) is 32.6. The molecule has 0 saturated carbocycles. The third-order valence-electron chi connectivity index (χ3n) is 8.13. The van der Waals surface area contributed by atoms with Gasteiger partial charge in [-0.15, -0.1) is 0 Å². The Hall–Kier alpha value is -4.71. The number of ether oxygens (including phenoxy) is 3. The highest BCUT2D eigenvalue weighted by Gasteiger charge is 2.44. The highest BCUT2D eigenvalue weighted by Crippen LogP contribution is 2.38. The van der Waals surface area contributed by atoms with E-state index in [1.54, 1.807) is 23.3 Å². The van der Waals surface area contributed by atoms with E-state index in [-0.39, 0.29) is 17.8 Å². The minimum Gasteiger partial charge on any atom is -0.491 e. The Kier molecular flexibility index (Phi) is 10.2. The van der Waals surface area contributed by atoms with Crippen molar-refractivity contribution < 1.29 is 14.2 Å². The number of halogens is 1. The van der Waals surface area contributed by atoms with Gasteiger partial charge in [0.15, 0.2) is 5.79 Å². The monoisotopic (exact) mass is 655 g/mol. The molecular formula is C35H38ClN7O4. The van der Waals surface area contributed by atoms with Crippen molar-refractivity contribution in [2.24, 2.45) is 0 Å². The molecular weight excluding hydrogens is 618 g/mol. The molecule has 3 aromatic carbocycles. The Morgan fingerprint density at radius 3 is 2.45 bits per heavy atom. The van der Waals surface area contributed by atoms with Gasteiger partial charge in [0.1, 0.15) is 24.8 Å². The lowest BCUT2D eigenvalue weighted by Gasteiger charge is -2.29. The molecule has 244 valence electrons. The van der Waals surface area contributed by atoms with Crippen LogP contribution in [0.15, 0.2) is 102 Å². The number of anilines is 2. The molecule has 5 aromatic rings. The molecule has 3 atom stereocenters. The van der Waals surface area contributed by atoms with Crippen molar-refractivity contribution in [2.45, 2.75) is 44.6 Å². The van der Waals surface area contributed by atoms with Crippen molar-refractivity contribution in [3.05, 3.63) is 124 Å². The number of hydrogen-bond donors (Lipinski definition) is 2. The normalized spacial score (nSPS) is 18.1. The van der Waals surface area contributed by atoms with Crippen molar-refractivity contribution in [1.82, 2.24) is 24.5 Å². The van der Waals surface area contributed by atoms with Gasteiger partial charge in [-0.2, -0.15) is 15.3 Å². The first-order chi connectivity index (χ1) is 22.9. The van der Waals surface area contributed by atoms with E-state index in [2.05, 4.69) is 25.9 Å². The number of nitrogens with one attached hydrogen (secondary N) is 2. The average molecular weight is 656 g/mol. The molecule has 1 fully saturated rings. The van der Waals surface area contributed by atoms with E-state index in [1.165, 1.54) is 4.68 Å². The maximum atomic E-state index is 12.7. The van der Waals surface area contributed by atoms with E-state index in [0.29, 0.717) is 31.2 Å². The summed E-state index contributed by atoms with van der Waals surface area (Å²) in [5.41, 5.74) is 4.39. The quantitative estimate of drug-likeness (QED) is 0.142. The largest absolute Gasteiger partial charge is 0.491 e. The lowest BCUT2D eigenvalue weighted by Crippen LogP contribution is -2.32. The molecule has 0 aliphatic carbocycles. The van der Waals surface area contributed by atoms with Gasteiger partial charge in [-0.05, 0) is 85.6 Å². The van der Waals surface area contributed by atoms with Crippen LogP contribution in [0.25, 0.3) is 5.69 Å². The highest BCUT2D eigenvalue weighted by atomic mass is 35.5. The fourth-order valence-electron chi connectivity index (χ4n) is 5.39. The van der Waals surface area contributed by atoms with Gasteiger partial charge < -0.3 is 24.8 Å².